The largest absolute Gasteiger partial charge is 0.177 e. The van der Waals surface area contributed by atoms with E-state index in [1.165, 1.54) is 19.3 Å². The summed E-state index contributed by atoms with van der Waals surface area (Å²) >= 11 is 0. The second-order valence-corrected chi connectivity index (χ2v) is 3.28. The van der Waals surface area contributed by atoms with Crippen molar-refractivity contribution in [3.05, 3.63) is 5.82 Å². The summed E-state index contributed by atoms with van der Waals surface area (Å²) in [7, 11) is 0. The Hall–Kier alpha value is -0.930. The first-order valence-electron chi connectivity index (χ1n) is 4.11. The first kappa shape index (κ1) is 6.76. The topological polar surface area (TPSA) is 54.5 Å². The molecule has 0 aliphatic heterocycles. The molecule has 0 saturated heterocycles. The van der Waals surface area contributed by atoms with Crippen LogP contribution in [0.1, 0.15) is 39.4 Å². The second kappa shape index (κ2) is 2.60. The smallest absolute Gasteiger partial charge is 0.177 e. The third-order valence-corrected chi connectivity index (χ3v) is 2.55. The van der Waals surface area contributed by atoms with Crippen molar-refractivity contribution in [3.8, 4) is 0 Å². The van der Waals surface area contributed by atoms with Crippen LogP contribution in [0.3, 0.4) is 0 Å². The summed E-state index contributed by atoms with van der Waals surface area (Å²) in [4.78, 5) is 0. The number of nitrogens with one attached hydrogen (secondary N) is 1. The Morgan fingerprint density at radius 2 is 2.45 bits per heavy atom. The fourth-order valence-electron chi connectivity index (χ4n) is 1.86. The van der Waals surface area contributed by atoms with Gasteiger partial charge in [0.1, 0.15) is 0 Å². The molecule has 11 heavy (non-hydrogen) atoms. The van der Waals surface area contributed by atoms with Crippen LogP contribution in [0.25, 0.3) is 0 Å². The van der Waals surface area contributed by atoms with Gasteiger partial charge in [0.25, 0.3) is 0 Å². The van der Waals surface area contributed by atoms with E-state index in [-0.39, 0.29) is 1.43 Å². The molecule has 0 aromatic carbocycles. The molecule has 1 aromatic heterocycles. The van der Waals surface area contributed by atoms with Crippen LogP contribution in [0.15, 0.2) is 0 Å². The van der Waals surface area contributed by atoms with Gasteiger partial charge in [-0.15, -0.1) is 10.2 Å². The van der Waals surface area contributed by atoms with Crippen molar-refractivity contribution in [3.63, 3.8) is 0 Å². The summed E-state index contributed by atoms with van der Waals surface area (Å²) in [6.45, 7) is 2.26. The highest BCUT2D eigenvalue weighted by atomic mass is 15.5. The molecule has 1 heterocycles. The van der Waals surface area contributed by atoms with Gasteiger partial charge in [-0.2, -0.15) is 5.21 Å². The molecule has 0 radical (unpaired) electrons. The maximum absolute atomic E-state index is 4.00. The molecule has 0 spiro atoms. The molecule has 2 rings (SSSR count). The number of nitrogens with zero attached hydrogens (tertiary/aromatic N) is 3. The van der Waals surface area contributed by atoms with Gasteiger partial charge in [-0.25, -0.2) is 0 Å². The average Bonchev–Trinajstić information content (AvgIpc) is 2.55. The lowest BCUT2D eigenvalue weighted by Gasteiger charge is -2.08. The van der Waals surface area contributed by atoms with E-state index in [1.54, 1.807) is 0 Å². The summed E-state index contributed by atoms with van der Waals surface area (Å²) in [6.07, 6.45) is 3.83. The molecule has 1 aliphatic rings. The third kappa shape index (κ3) is 1.13. The van der Waals surface area contributed by atoms with Gasteiger partial charge in [-0.05, 0) is 18.8 Å². The van der Waals surface area contributed by atoms with Crippen LogP contribution in [0, 0.1) is 5.92 Å². The number of hydrogen-bond acceptors (Lipinski definition) is 3. The van der Waals surface area contributed by atoms with Crippen LogP contribution in [0.2, 0.25) is 0 Å². The molecule has 0 amide bonds. The molecule has 1 saturated carbocycles. The minimum atomic E-state index is 0. The zero-order valence-corrected chi connectivity index (χ0v) is 6.62. The van der Waals surface area contributed by atoms with Crippen LogP contribution < -0.4 is 0 Å². The number of H-pyrrole nitrogens is 1. The normalized spacial score (nSPS) is 31.0. The zero-order chi connectivity index (χ0) is 7.68. The van der Waals surface area contributed by atoms with E-state index in [1.807, 2.05) is 0 Å². The molecule has 1 aromatic rings. The summed E-state index contributed by atoms with van der Waals surface area (Å²) in [5.41, 5.74) is 0. The van der Waals surface area contributed by atoms with Crippen molar-refractivity contribution in [2.75, 3.05) is 0 Å². The molecule has 0 unspecified atom stereocenters. The second-order valence-electron chi connectivity index (χ2n) is 3.28. The number of rotatable bonds is 1. The van der Waals surface area contributed by atoms with E-state index in [0.717, 1.165) is 11.7 Å². The van der Waals surface area contributed by atoms with Gasteiger partial charge in [0.15, 0.2) is 5.82 Å². The van der Waals surface area contributed by atoms with Crippen LogP contribution in [-0.4, -0.2) is 20.6 Å². The van der Waals surface area contributed by atoms with Crippen LogP contribution in [-0.2, 0) is 0 Å². The Labute approximate surface area is 66.9 Å². The van der Waals surface area contributed by atoms with E-state index in [9.17, 15) is 0 Å². The van der Waals surface area contributed by atoms with Gasteiger partial charge in [-0.3, -0.25) is 0 Å². The Kier molecular flexibility index (Phi) is 1.60. The Bertz CT molecular complexity index is 223. The number of aromatic amines is 1. The van der Waals surface area contributed by atoms with Crippen molar-refractivity contribution < 1.29 is 1.43 Å². The van der Waals surface area contributed by atoms with Crippen molar-refractivity contribution in [2.24, 2.45) is 5.92 Å². The standard InChI is InChI=1S/C7H12N4.H2/c1-5-3-2-4-6(5)7-8-10-11-9-7;/h5-6H,2-4H2,1H3,(H,8,9,10,11);1H/t5-,6+;/m0./s1. The fourth-order valence-corrected chi connectivity index (χ4v) is 1.86. The molecule has 2 atom stereocenters. The monoisotopic (exact) mass is 154 g/mol. The maximum Gasteiger partial charge on any atom is 0.177 e. The lowest BCUT2D eigenvalue weighted by Crippen LogP contribution is -2.03. The fraction of sp³-hybridized carbons (Fsp3) is 0.857. The third-order valence-electron chi connectivity index (χ3n) is 2.55. The number of tetrazole rings is 1. The highest BCUT2D eigenvalue weighted by Gasteiger charge is 2.27. The highest BCUT2D eigenvalue weighted by molar-refractivity contribution is 4.96. The lowest BCUT2D eigenvalue weighted by molar-refractivity contribution is 0.510. The van der Waals surface area contributed by atoms with E-state index in [4.69, 9.17) is 0 Å². The molecule has 1 N–H and O–H groups in total. The average molecular weight is 154 g/mol. The quantitative estimate of drug-likeness (QED) is 0.664. The molecular formula is C7H14N4. The minimum Gasteiger partial charge on any atom is -0.177 e. The summed E-state index contributed by atoms with van der Waals surface area (Å²) in [6, 6.07) is 0. The SMILES string of the molecule is C[C@H]1CCC[C@H]1c1nn[nH]n1.[HH]. The van der Waals surface area contributed by atoms with Crippen molar-refractivity contribution in [2.45, 2.75) is 32.1 Å². The van der Waals surface area contributed by atoms with Gasteiger partial charge in [0.2, 0.25) is 0 Å². The first-order chi connectivity index (χ1) is 5.38. The van der Waals surface area contributed by atoms with Crippen molar-refractivity contribution in [1.82, 2.24) is 20.6 Å². The molecule has 1 fully saturated rings. The first-order valence-corrected chi connectivity index (χ1v) is 4.11. The van der Waals surface area contributed by atoms with Crippen molar-refractivity contribution in [1.29, 1.82) is 0 Å². The Morgan fingerprint density at radius 3 is 3.00 bits per heavy atom. The van der Waals surface area contributed by atoms with E-state index in [2.05, 4.69) is 27.5 Å². The number of hydrogen-bond donors (Lipinski definition) is 1. The maximum atomic E-state index is 4.00. The summed E-state index contributed by atoms with van der Waals surface area (Å²) in [5.74, 6) is 2.18. The summed E-state index contributed by atoms with van der Waals surface area (Å²) < 4.78 is 0. The number of aromatic nitrogens is 4. The molecule has 1 aliphatic carbocycles. The van der Waals surface area contributed by atoms with Crippen LogP contribution >= 0.6 is 0 Å². The van der Waals surface area contributed by atoms with Crippen molar-refractivity contribution >= 4 is 0 Å². The molecular weight excluding hydrogens is 140 g/mol. The van der Waals surface area contributed by atoms with Crippen LogP contribution in [0.4, 0.5) is 0 Å². The van der Waals surface area contributed by atoms with Crippen LogP contribution in [0.5, 0.6) is 0 Å². The molecule has 4 heteroatoms. The van der Waals surface area contributed by atoms with Gasteiger partial charge in [-0.1, -0.05) is 18.6 Å². The molecule has 0 bridgehead atoms. The predicted molar refractivity (Wildman–Crippen MR) is 42.0 cm³/mol. The summed E-state index contributed by atoms with van der Waals surface area (Å²) in [5, 5.41) is 14.1. The van der Waals surface area contributed by atoms with Gasteiger partial charge in [0.05, 0.1) is 0 Å². The predicted octanol–water partition coefficient (Wildman–Crippen LogP) is 1.35. The van der Waals surface area contributed by atoms with E-state index < -0.39 is 0 Å². The van der Waals surface area contributed by atoms with E-state index >= 15 is 0 Å². The molecule has 62 valence electrons. The van der Waals surface area contributed by atoms with Gasteiger partial charge in [0, 0.05) is 7.34 Å². The van der Waals surface area contributed by atoms with Gasteiger partial charge >= 0.3 is 0 Å². The highest BCUT2D eigenvalue weighted by Crippen LogP contribution is 2.36. The molecule has 4 nitrogen and oxygen atoms in total. The van der Waals surface area contributed by atoms with E-state index in [0.29, 0.717) is 5.92 Å². The lowest BCUT2D eigenvalue weighted by atomic mass is 9.98. The zero-order valence-electron chi connectivity index (χ0n) is 6.62. The Morgan fingerprint density at radius 1 is 1.55 bits per heavy atom. The van der Waals surface area contributed by atoms with Gasteiger partial charge < -0.3 is 0 Å². The Balaban J connectivity index is 0.000000720. The minimum absolute atomic E-state index is 0.